The highest BCUT2D eigenvalue weighted by atomic mass is 35.5. The van der Waals surface area contributed by atoms with Crippen molar-refractivity contribution in [2.75, 3.05) is 5.73 Å². The summed E-state index contributed by atoms with van der Waals surface area (Å²) in [5, 5.41) is 4.25. The first-order valence-electron chi connectivity index (χ1n) is 4.35. The summed E-state index contributed by atoms with van der Waals surface area (Å²) in [6.07, 6.45) is 1.43. The number of nitrogen functional groups attached to an aromatic ring is 1. The summed E-state index contributed by atoms with van der Waals surface area (Å²) in [7, 11) is 0. The van der Waals surface area contributed by atoms with Crippen LogP contribution in [0.15, 0.2) is 24.5 Å². The number of nitrogens with two attached hydrogens (primary N) is 2. The minimum Gasteiger partial charge on any atom is -0.366 e. The SMILES string of the molecule is NC(=O)c1ccc(-n2cnc(N)n2)c(Cl)c1. The first kappa shape index (κ1) is 10.4. The Morgan fingerprint density at radius 1 is 1.44 bits per heavy atom. The summed E-state index contributed by atoms with van der Waals surface area (Å²) in [6.45, 7) is 0. The molecule has 0 aliphatic carbocycles. The van der Waals surface area contributed by atoms with E-state index in [1.54, 1.807) is 12.1 Å². The third-order valence-corrected chi connectivity index (χ3v) is 2.29. The van der Waals surface area contributed by atoms with Crippen molar-refractivity contribution in [3.63, 3.8) is 0 Å². The van der Waals surface area contributed by atoms with E-state index in [1.165, 1.54) is 17.1 Å². The van der Waals surface area contributed by atoms with Crippen molar-refractivity contribution < 1.29 is 4.79 Å². The Bertz CT molecular complexity index is 551. The normalized spacial score (nSPS) is 10.3. The zero-order valence-electron chi connectivity index (χ0n) is 8.09. The molecule has 1 aromatic heterocycles. The van der Waals surface area contributed by atoms with Gasteiger partial charge in [-0.15, -0.1) is 5.10 Å². The molecule has 0 unspecified atom stereocenters. The zero-order chi connectivity index (χ0) is 11.7. The number of nitrogens with zero attached hydrogens (tertiary/aromatic N) is 3. The number of rotatable bonds is 2. The van der Waals surface area contributed by atoms with E-state index in [4.69, 9.17) is 23.1 Å². The number of benzene rings is 1. The number of anilines is 1. The fraction of sp³-hybridized carbons (Fsp3) is 0. The summed E-state index contributed by atoms with van der Waals surface area (Å²) in [6, 6.07) is 4.65. The van der Waals surface area contributed by atoms with Gasteiger partial charge in [-0.2, -0.15) is 0 Å². The van der Waals surface area contributed by atoms with Crippen LogP contribution < -0.4 is 11.5 Å². The lowest BCUT2D eigenvalue weighted by Crippen LogP contribution is -2.11. The molecule has 0 saturated heterocycles. The van der Waals surface area contributed by atoms with Crippen molar-refractivity contribution in [2.24, 2.45) is 5.73 Å². The van der Waals surface area contributed by atoms with Gasteiger partial charge in [0.2, 0.25) is 11.9 Å². The number of amides is 1. The fourth-order valence-electron chi connectivity index (χ4n) is 1.24. The van der Waals surface area contributed by atoms with Gasteiger partial charge in [0.05, 0.1) is 10.7 Å². The van der Waals surface area contributed by atoms with Crippen LogP contribution in [0, 0.1) is 0 Å². The summed E-state index contributed by atoms with van der Waals surface area (Å²) < 4.78 is 1.42. The van der Waals surface area contributed by atoms with Crippen LogP contribution in [0.3, 0.4) is 0 Å². The summed E-state index contributed by atoms with van der Waals surface area (Å²) in [5.74, 6) is -0.387. The topological polar surface area (TPSA) is 99.8 Å². The number of carbonyl (C=O) groups is 1. The lowest BCUT2D eigenvalue weighted by atomic mass is 10.2. The van der Waals surface area contributed by atoms with E-state index in [9.17, 15) is 4.79 Å². The van der Waals surface area contributed by atoms with Crippen molar-refractivity contribution in [1.82, 2.24) is 14.8 Å². The third kappa shape index (κ3) is 1.82. The molecule has 1 heterocycles. The minimum absolute atomic E-state index is 0.148. The van der Waals surface area contributed by atoms with E-state index in [2.05, 4.69) is 10.1 Å². The van der Waals surface area contributed by atoms with Gasteiger partial charge in [-0.1, -0.05) is 11.6 Å². The van der Waals surface area contributed by atoms with Crippen LogP contribution in [0.1, 0.15) is 10.4 Å². The molecule has 82 valence electrons. The third-order valence-electron chi connectivity index (χ3n) is 1.99. The molecule has 0 aliphatic heterocycles. The van der Waals surface area contributed by atoms with Gasteiger partial charge < -0.3 is 11.5 Å². The molecule has 2 aromatic rings. The second-order valence-electron chi connectivity index (χ2n) is 3.08. The van der Waals surface area contributed by atoms with Crippen LogP contribution in [-0.2, 0) is 0 Å². The van der Waals surface area contributed by atoms with Crippen molar-refractivity contribution in [3.8, 4) is 5.69 Å². The van der Waals surface area contributed by atoms with E-state index in [-0.39, 0.29) is 5.95 Å². The van der Waals surface area contributed by atoms with Crippen LogP contribution in [0.2, 0.25) is 5.02 Å². The number of aromatic nitrogens is 3. The monoisotopic (exact) mass is 237 g/mol. The van der Waals surface area contributed by atoms with Crippen LogP contribution in [0.25, 0.3) is 5.69 Å². The molecule has 6 nitrogen and oxygen atoms in total. The molecule has 2 rings (SSSR count). The summed E-state index contributed by atoms with van der Waals surface area (Å²) in [4.78, 5) is 14.7. The maximum Gasteiger partial charge on any atom is 0.248 e. The Balaban J connectivity index is 2.47. The second kappa shape index (κ2) is 3.82. The van der Waals surface area contributed by atoms with Crippen molar-refractivity contribution in [2.45, 2.75) is 0 Å². The highest BCUT2D eigenvalue weighted by Gasteiger charge is 2.08. The highest BCUT2D eigenvalue weighted by Crippen LogP contribution is 2.21. The molecule has 4 N–H and O–H groups in total. The smallest absolute Gasteiger partial charge is 0.248 e. The van der Waals surface area contributed by atoms with Gasteiger partial charge in [0.1, 0.15) is 6.33 Å². The van der Waals surface area contributed by atoms with Gasteiger partial charge in [0.15, 0.2) is 0 Å². The number of halogens is 1. The summed E-state index contributed by atoms with van der Waals surface area (Å²) >= 11 is 5.98. The lowest BCUT2D eigenvalue weighted by Gasteiger charge is -2.04. The molecule has 0 saturated carbocycles. The fourth-order valence-corrected chi connectivity index (χ4v) is 1.51. The Morgan fingerprint density at radius 2 is 2.19 bits per heavy atom. The molecule has 1 aromatic carbocycles. The van der Waals surface area contributed by atoms with E-state index in [0.29, 0.717) is 16.3 Å². The molecular formula is C9H8ClN5O. The Morgan fingerprint density at radius 3 is 2.69 bits per heavy atom. The Kier molecular flexibility index (Phi) is 2.49. The largest absolute Gasteiger partial charge is 0.366 e. The first-order valence-corrected chi connectivity index (χ1v) is 4.72. The average Bonchev–Trinajstić information content (AvgIpc) is 2.64. The lowest BCUT2D eigenvalue weighted by molar-refractivity contribution is 0.100. The van der Waals surface area contributed by atoms with Crippen molar-refractivity contribution in [1.29, 1.82) is 0 Å². The minimum atomic E-state index is -0.536. The molecule has 0 radical (unpaired) electrons. The van der Waals surface area contributed by atoms with Gasteiger partial charge in [-0.25, -0.2) is 9.67 Å². The predicted molar refractivity (Wildman–Crippen MR) is 59.3 cm³/mol. The number of hydrogen-bond acceptors (Lipinski definition) is 4. The van der Waals surface area contributed by atoms with Gasteiger partial charge in [0, 0.05) is 5.56 Å². The number of hydrogen-bond donors (Lipinski definition) is 2. The van der Waals surface area contributed by atoms with Gasteiger partial charge in [-0.05, 0) is 18.2 Å². The summed E-state index contributed by atoms with van der Waals surface area (Å²) in [5.41, 5.74) is 11.4. The van der Waals surface area contributed by atoms with Gasteiger partial charge in [0.25, 0.3) is 0 Å². The van der Waals surface area contributed by atoms with Crippen LogP contribution in [0.5, 0.6) is 0 Å². The Labute approximate surface area is 95.8 Å². The average molecular weight is 238 g/mol. The van der Waals surface area contributed by atoms with Crippen LogP contribution >= 0.6 is 11.6 Å². The number of primary amides is 1. The van der Waals surface area contributed by atoms with E-state index in [1.807, 2.05) is 0 Å². The molecular weight excluding hydrogens is 230 g/mol. The van der Waals surface area contributed by atoms with E-state index in [0.717, 1.165) is 0 Å². The first-order chi connectivity index (χ1) is 7.58. The standard InChI is InChI=1S/C9H8ClN5O/c10-6-3-5(8(11)16)1-2-7(6)15-4-13-9(12)14-15/h1-4H,(H2,11,16)(H2,12,14). The molecule has 0 bridgehead atoms. The second-order valence-corrected chi connectivity index (χ2v) is 3.48. The molecule has 16 heavy (non-hydrogen) atoms. The van der Waals surface area contributed by atoms with E-state index < -0.39 is 5.91 Å². The van der Waals surface area contributed by atoms with Crippen molar-refractivity contribution in [3.05, 3.63) is 35.1 Å². The predicted octanol–water partition coefficient (Wildman–Crippen LogP) is 0.602. The highest BCUT2D eigenvalue weighted by molar-refractivity contribution is 6.32. The zero-order valence-corrected chi connectivity index (χ0v) is 8.85. The molecule has 0 spiro atoms. The quantitative estimate of drug-likeness (QED) is 0.799. The maximum absolute atomic E-state index is 10.9. The van der Waals surface area contributed by atoms with Crippen LogP contribution in [-0.4, -0.2) is 20.7 Å². The van der Waals surface area contributed by atoms with Gasteiger partial charge in [-0.3, -0.25) is 4.79 Å². The van der Waals surface area contributed by atoms with Crippen LogP contribution in [0.4, 0.5) is 5.95 Å². The van der Waals surface area contributed by atoms with Crippen molar-refractivity contribution >= 4 is 23.5 Å². The molecule has 0 aliphatic rings. The van der Waals surface area contributed by atoms with Gasteiger partial charge >= 0.3 is 0 Å². The molecule has 1 amide bonds. The molecule has 0 fully saturated rings. The molecule has 7 heteroatoms. The Hall–Kier alpha value is -2.08. The molecule has 0 atom stereocenters. The maximum atomic E-state index is 10.9. The number of carbonyl (C=O) groups excluding carboxylic acids is 1. The van der Waals surface area contributed by atoms with E-state index >= 15 is 0 Å².